The van der Waals surface area contributed by atoms with Crippen molar-refractivity contribution in [1.82, 2.24) is 25.4 Å². The maximum absolute atomic E-state index is 13.1. The van der Waals surface area contributed by atoms with Crippen molar-refractivity contribution in [1.29, 1.82) is 0 Å². The van der Waals surface area contributed by atoms with E-state index in [1.807, 2.05) is 48.0 Å². The highest BCUT2D eigenvalue weighted by Gasteiger charge is 2.23. The van der Waals surface area contributed by atoms with Crippen LogP contribution in [-0.4, -0.2) is 39.3 Å². The van der Waals surface area contributed by atoms with Crippen LogP contribution < -0.4 is 10.6 Å². The van der Waals surface area contributed by atoms with E-state index in [0.29, 0.717) is 18.2 Å². The van der Waals surface area contributed by atoms with Gasteiger partial charge in [-0.1, -0.05) is 30.3 Å². The summed E-state index contributed by atoms with van der Waals surface area (Å²) in [5.41, 5.74) is 3.18. The number of halogens is 2. The van der Waals surface area contributed by atoms with Crippen molar-refractivity contribution in [3.8, 4) is 11.3 Å². The highest BCUT2D eigenvalue weighted by atomic mass is 35.5. The highest BCUT2D eigenvalue weighted by Crippen LogP contribution is 2.25. The summed E-state index contributed by atoms with van der Waals surface area (Å²) >= 11 is 0. The van der Waals surface area contributed by atoms with Gasteiger partial charge >= 0.3 is 0 Å². The molecule has 29 heavy (non-hydrogen) atoms. The molecule has 6 nitrogen and oxygen atoms in total. The molecule has 1 fully saturated rings. The number of carbonyl (C=O) groups is 1. The molecule has 2 unspecified atom stereocenters. The summed E-state index contributed by atoms with van der Waals surface area (Å²) < 4.78 is 1.84. The van der Waals surface area contributed by atoms with Gasteiger partial charge < -0.3 is 10.6 Å². The number of amides is 1. The van der Waals surface area contributed by atoms with Gasteiger partial charge in [-0.25, -0.2) is 9.67 Å². The van der Waals surface area contributed by atoms with Crippen LogP contribution in [0.25, 0.3) is 22.3 Å². The third-order valence-electron chi connectivity index (χ3n) is 5.18. The number of nitrogens with one attached hydrogen (secondary N) is 2. The number of carbonyl (C=O) groups excluding carboxylic acids is 1. The number of nitrogens with zero attached hydrogens (tertiary/aromatic N) is 3. The predicted octanol–water partition coefficient (Wildman–Crippen LogP) is 3.83. The minimum absolute atomic E-state index is 0. The minimum atomic E-state index is -0.0469. The third kappa shape index (κ3) is 4.89. The molecule has 0 radical (unpaired) electrons. The maximum atomic E-state index is 13.1. The van der Waals surface area contributed by atoms with Crippen molar-refractivity contribution in [3.05, 3.63) is 48.2 Å². The fraction of sp³-hybridized carbons (Fsp3) is 0.381. The Kier molecular flexibility index (Phi) is 8.02. The lowest BCUT2D eigenvalue weighted by atomic mass is 9.99. The summed E-state index contributed by atoms with van der Waals surface area (Å²) in [6.07, 6.45) is 3.64. The van der Waals surface area contributed by atoms with Gasteiger partial charge in [-0.2, -0.15) is 5.10 Å². The standard InChI is InChI=1S/C21H25N5O.2ClH/c1-3-26-20-18(13-23-26)17(12-19(25-20)15-7-5-4-6-8-15)21(27)24-16-9-10-22-14(2)11-16;;/h4-8,12-14,16,22H,3,9-11H2,1-2H3,(H,24,27);2*1H. The average Bonchev–Trinajstić information content (AvgIpc) is 3.11. The summed E-state index contributed by atoms with van der Waals surface area (Å²) in [5, 5.41) is 11.9. The first-order valence-electron chi connectivity index (χ1n) is 9.62. The van der Waals surface area contributed by atoms with Crippen molar-refractivity contribution in [2.45, 2.75) is 45.3 Å². The predicted molar refractivity (Wildman–Crippen MR) is 121 cm³/mol. The number of benzene rings is 1. The zero-order valence-corrected chi connectivity index (χ0v) is 18.2. The number of fused-ring (bicyclic) bond motifs is 1. The molecule has 3 aromatic rings. The van der Waals surface area contributed by atoms with Gasteiger partial charge in [0.1, 0.15) is 0 Å². The van der Waals surface area contributed by atoms with Crippen molar-refractivity contribution >= 4 is 41.8 Å². The van der Waals surface area contributed by atoms with Crippen molar-refractivity contribution < 1.29 is 4.79 Å². The Labute approximate surface area is 183 Å². The molecule has 2 aromatic heterocycles. The molecule has 0 bridgehead atoms. The van der Waals surface area contributed by atoms with Crippen LogP contribution in [0.3, 0.4) is 0 Å². The van der Waals surface area contributed by atoms with E-state index >= 15 is 0 Å². The number of rotatable bonds is 4. The lowest BCUT2D eigenvalue weighted by Gasteiger charge is -2.28. The van der Waals surface area contributed by atoms with Gasteiger partial charge in [0.15, 0.2) is 5.65 Å². The maximum Gasteiger partial charge on any atom is 0.252 e. The first-order valence-corrected chi connectivity index (χ1v) is 9.62. The number of hydrogen-bond acceptors (Lipinski definition) is 4. The normalized spacial score (nSPS) is 18.6. The van der Waals surface area contributed by atoms with Crippen LogP contribution in [0.4, 0.5) is 0 Å². The minimum Gasteiger partial charge on any atom is -0.349 e. The summed E-state index contributed by atoms with van der Waals surface area (Å²) in [5.74, 6) is -0.0469. The zero-order valence-electron chi connectivity index (χ0n) is 16.6. The molecule has 1 saturated heterocycles. The van der Waals surface area contributed by atoms with Crippen molar-refractivity contribution in [3.63, 3.8) is 0 Å². The summed E-state index contributed by atoms with van der Waals surface area (Å²) in [6, 6.07) is 12.5. The second-order valence-electron chi connectivity index (χ2n) is 7.17. The van der Waals surface area contributed by atoms with Gasteiger partial charge in [0.25, 0.3) is 5.91 Å². The number of pyridine rings is 1. The molecular weight excluding hydrogens is 409 g/mol. The van der Waals surface area contributed by atoms with E-state index in [-0.39, 0.29) is 36.8 Å². The molecule has 8 heteroatoms. The van der Waals surface area contributed by atoms with Gasteiger partial charge in [-0.3, -0.25) is 4.79 Å². The third-order valence-corrected chi connectivity index (χ3v) is 5.18. The molecule has 0 aliphatic carbocycles. The summed E-state index contributed by atoms with van der Waals surface area (Å²) in [6.45, 7) is 5.82. The van der Waals surface area contributed by atoms with Crippen LogP contribution in [0.15, 0.2) is 42.6 Å². The SMILES string of the molecule is CCn1ncc2c(C(=O)NC3CCNC(C)C3)cc(-c3ccccc3)nc21.Cl.Cl. The molecule has 4 rings (SSSR count). The van der Waals surface area contributed by atoms with Crippen LogP contribution in [0, 0.1) is 0 Å². The number of aromatic nitrogens is 3. The Morgan fingerprint density at radius 3 is 2.72 bits per heavy atom. The van der Waals surface area contributed by atoms with Gasteiger partial charge in [0, 0.05) is 24.2 Å². The molecule has 2 N–H and O–H groups in total. The molecule has 1 aliphatic rings. The fourth-order valence-electron chi connectivity index (χ4n) is 3.75. The number of hydrogen-bond donors (Lipinski definition) is 2. The lowest BCUT2D eigenvalue weighted by Crippen LogP contribution is -2.46. The highest BCUT2D eigenvalue weighted by molar-refractivity contribution is 6.06. The first kappa shape index (κ1) is 23.1. The van der Waals surface area contributed by atoms with E-state index in [2.05, 4.69) is 22.7 Å². The van der Waals surface area contributed by atoms with Crippen LogP contribution >= 0.6 is 24.8 Å². The Bertz CT molecular complexity index is 960. The number of piperidine rings is 1. The number of aryl methyl sites for hydroxylation is 1. The molecule has 1 aromatic carbocycles. The van der Waals surface area contributed by atoms with E-state index < -0.39 is 0 Å². The molecule has 2 atom stereocenters. The molecule has 0 saturated carbocycles. The molecule has 156 valence electrons. The molecular formula is C21H27Cl2N5O. The monoisotopic (exact) mass is 435 g/mol. The summed E-state index contributed by atoms with van der Waals surface area (Å²) in [7, 11) is 0. The van der Waals surface area contributed by atoms with Crippen molar-refractivity contribution in [2.24, 2.45) is 0 Å². The van der Waals surface area contributed by atoms with Gasteiger partial charge in [0.2, 0.25) is 0 Å². The van der Waals surface area contributed by atoms with E-state index in [1.165, 1.54) is 0 Å². The first-order chi connectivity index (χ1) is 13.2. The molecule has 3 heterocycles. The second-order valence-corrected chi connectivity index (χ2v) is 7.17. The van der Waals surface area contributed by atoms with E-state index in [1.54, 1.807) is 6.20 Å². The van der Waals surface area contributed by atoms with Gasteiger partial charge in [-0.15, -0.1) is 24.8 Å². The van der Waals surface area contributed by atoms with Crippen LogP contribution in [-0.2, 0) is 6.54 Å². The second kappa shape index (κ2) is 10.1. The van der Waals surface area contributed by atoms with E-state index in [4.69, 9.17) is 4.98 Å². The van der Waals surface area contributed by atoms with Crippen LogP contribution in [0.1, 0.15) is 37.0 Å². The Morgan fingerprint density at radius 1 is 1.28 bits per heavy atom. The van der Waals surface area contributed by atoms with Gasteiger partial charge in [0.05, 0.1) is 22.8 Å². The Balaban J connectivity index is 0.00000150. The fourth-order valence-corrected chi connectivity index (χ4v) is 3.75. The quantitative estimate of drug-likeness (QED) is 0.652. The van der Waals surface area contributed by atoms with E-state index in [9.17, 15) is 4.79 Å². The smallest absolute Gasteiger partial charge is 0.252 e. The topological polar surface area (TPSA) is 71.8 Å². The largest absolute Gasteiger partial charge is 0.349 e. The Morgan fingerprint density at radius 2 is 2.03 bits per heavy atom. The molecule has 1 aliphatic heterocycles. The molecule has 0 spiro atoms. The van der Waals surface area contributed by atoms with E-state index in [0.717, 1.165) is 41.7 Å². The van der Waals surface area contributed by atoms with Crippen molar-refractivity contribution in [2.75, 3.05) is 6.54 Å². The molecule has 1 amide bonds. The Hall–Kier alpha value is -2.15. The zero-order chi connectivity index (χ0) is 18.8. The van der Waals surface area contributed by atoms with Crippen LogP contribution in [0.5, 0.6) is 0 Å². The van der Waals surface area contributed by atoms with Crippen LogP contribution in [0.2, 0.25) is 0 Å². The van der Waals surface area contributed by atoms with Gasteiger partial charge in [-0.05, 0) is 39.3 Å². The lowest BCUT2D eigenvalue weighted by molar-refractivity contribution is 0.0927. The summed E-state index contributed by atoms with van der Waals surface area (Å²) in [4.78, 5) is 17.9. The average molecular weight is 436 g/mol.